The molecule has 1 N–H and O–H groups in total. The van der Waals surface area contributed by atoms with Gasteiger partial charge in [0.05, 0.1) is 12.3 Å². The Kier molecular flexibility index (Phi) is 5.81. The molecule has 1 saturated heterocycles. The molecule has 0 bridgehead atoms. The number of thiazole rings is 1. The van der Waals surface area contributed by atoms with E-state index in [1.165, 1.54) is 22.9 Å². The van der Waals surface area contributed by atoms with Crippen molar-refractivity contribution in [2.45, 2.75) is 52.8 Å². The molecule has 1 aliphatic rings. The van der Waals surface area contributed by atoms with Gasteiger partial charge in [-0.25, -0.2) is 4.98 Å². The van der Waals surface area contributed by atoms with Crippen LogP contribution in [0.25, 0.3) is 0 Å². The van der Waals surface area contributed by atoms with Crippen molar-refractivity contribution in [3.63, 3.8) is 0 Å². The smallest absolute Gasteiger partial charge is 0.185 e. The van der Waals surface area contributed by atoms with Gasteiger partial charge in [-0.2, -0.15) is 0 Å². The molecule has 0 spiro atoms. The second kappa shape index (κ2) is 7.38. The first-order valence-electron chi connectivity index (χ1n) is 7.56. The fourth-order valence-corrected chi connectivity index (χ4v) is 3.60. The molecule has 1 aromatic rings. The van der Waals surface area contributed by atoms with Crippen LogP contribution < -0.4 is 10.2 Å². The van der Waals surface area contributed by atoms with Gasteiger partial charge in [0.1, 0.15) is 0 Å². The van der Waals surface area contributed by atoms with Crippen LogP contribution in [0.1, 0.15) is 44.2 Å². The minimum atomic E-state index is 0.492. The van der Waals surface area contributed by atoms with Gasteiger partial charge in [-0.15, -0.1) is 11.3 Å². The van der Waals surface area contributed by atoms with E-state index in [9.17, 15) is 0 Å². The number of nitrogens with zero attached hydrogens (tertiary/aromatic N) is 2. The first-order valence-corrected chi connectivity index (χ1v) is 8.37. The van der Waals surface area contributed by atoms with Gasteiger partial charge in [0.25, 0.3) is 0 Å². The zero-order valence-electron chi connectivity index (χ0n) is 13.1. The van der Waals surface area contributed by atoms with E-state index >= 15 is 0 Å². The van der Waals surface area contributed by atoms with Crippen LogP contribution in [-0.2, 0) is 17.9 Å². The molecule has 1 aliphatic heterocycles. The van der Waals surface area contributed by atoms with Crippen molar-refractivity contribution in [3.8, 4) is 0 Å². The highest BCUT2D eigenvalue weighted by Gasteiger charge is 2.21. The van der Waals surface area contributed by atoms with Crippen LogP contribution in [0.3, 0.4) is 0 Å². The average Bonchev–Trinajstić information content (AvgIpc) is 2.80. The summed E-state index contributed by atoms with van der Waals surface area (Å²) in [5.74, 6) is 0.774. The zero-order chi connectivity index (χ0) is 14.5. The van der Waals surface area contributed by atoms with Gasteiger partial charge >= 0.3 is 0 Å². The summed E-state index contributed by atoms with van der Waals surface area (Å²) < 4.78 is 5.30. The molecule has 1 atom stereocenters. The molecule has 20 heavy (non-hydrogen) atoms. The van der Waals surface area contributed by atoms with Crippen molar-refractivity contribution in [3.05, 3.63) is 10.6 Å². The third-order valence-electron chi connectivity index (χ3n) is 3.65. The number of hydrogen-bond acceptors (Lipinski definition) is 5. The molecule has 0 amide bonds. The number of piperidine rings is 1. The van der Waals surface area contributed by atoms with Crippen LogP contribution in [-0.4, -0.2) is 31.2 Å². The Balaban J connectivity index is 2.10. The van der Waals surface area contributed by atoms with E-state index in [4.69, 9.17) is 9.72 Å². The number of anilines is 1. The zero-order valence-corrected chi connectivity index (χ0v) is 13.9. The molecule has 1 fully saturated rings. The van der Waals surface area contributed by atoms with E-state index in [0.29, 0.717) is 12.6 Å². The lowest BCUT2D eigenvalue weighted by Gasteiger charge is -2.30. The van der Waals surface area contributed by atoms with Crippen molar-refractivity contribution in [1.82, 2.24) is 10.3 Å². The van der Waals surface area contributed by atoms with Crippen LogP contribution in [0.15, 0.2) is 0 Å². The van der Waals surface area contributed by atoms with E-state index in [1.54, 1.807) is 7.11 Å². The van der Waals surface area contributed by atoms with E-state index in [1.807, 2.05) is 11.3 Å². The van der Waals surface area contributed by atoms with Gasteiger partial charge in [0.15, 0.2) is 5.13 Å². The summed E-state index contributed by atoms with van der Waals surface area (Å²) in [6.07, 6.45) is 2.62. The Morgan fingerprint density at radius 3 is 2.95 bits per heavy atom. The monoisotopic (exact) mass is 297 g/mol. The maximum Gasteiger partial charge on any atom is 0.185 e. The molecule has 0 aromatic carbocycles. The molecule has 0 radical (unpaired) electrons. The second-order valence-electron chi connectivity index (χ2n) is 6.03. The Morgan fingerprint density at radius 2 is 2.30 bits per heavy atom. The summed E-state index contributed by atoms with van der Waals surface area (Å²) in [6.45, 7) is 10.4. The van der Waals surface area contributed by atoms with Gasteiger partial charge in [-0.05, 0) is 18.8 Å². The average molecular weight is 297 g/mol. The summed E-state index contributed by atoms with van der Waals surface area (Å²) in [5, 5.41) is 4.65. The van der Waals surface area contributed by atoms with Crippen molar-refractivity contribution >= 4 is 16.5 Å². The molecule has 1 unspecified atom stereocenters. The highest BCUT2D eigenvalue weighted by molar-refractivity contribution is 7.15. The van der Waals surface area contributed by atoms with E-state index in [0.717, 1.165) is 31.2 Å². The largest absolute Gasteiger partial charge is 0.378 e. The van der Waals surface area contributed by atoms with Crippen molar-refractivity contribution in [1.29, 1.82) is 0 Å². The summed E-state index contributed by atoms with van der Waals surface area (Å²) in [5.41, 5.74) is 1.10. The van der Waals surface area contributed by atoms with Gasteiger partial charge < -0.3 is 15.0 Å². The molecule has 5 heteroatoms. The molecular formula is C15H27N3OS. The Bertz CT molecular complexity index is 419. The predicted molar refractivity (Wildman–Crippen MR) is 85.4 cm³/mol. The summed E-state index contributed by atoms with van der Waals surface area (Å²) in [7, 11) is 1.74. The Labute approximate surface area is 126 Å². The molecule has 1 aromatic heterocycles. The minimum Gasteiger partial charge on any atom is -0.378 e. The molecule has 114 valence electrons. The third-order valence-corrected chi connectivity index (χ3v) is 4.80. The first kappa shape index (κ1) is 15.7. The van der Waals surface area contributed by atoms with Crippen LogP contribution in [0, 0.1) is 5.92 Å². The number of methoxy groups -OCH3 is 1. The number of nitrogens with one attached hydrogen (secondary N) is 1. The fourth-order valence-electron chi connectivity index (χ4n) is 2.55. The fraction of sp³-hybridized carbons (Fsp3) is 0.800. The standard InChI is InChI=1S/C15H27N3OS/c1-11(2)16-8-14-13(10-19-4)17-15(20-14)18-7-5-6-12(3)9-18/h11-12,16H,5-10H2,1-4H3. The summed E-state index contributed by atoms with van der Waals surface area (Å²) in [6, 6.07) is 0.492. The van der Waals surface area contributed by atoms with Crippen molar-refractivity contribution in [2.75, 3.05) is 25.1 Å². The normalized spacial score (nSPS) is 19.9. The topological polar surface area (TPSA) is 37.4 Å². The molecule has 2 heterocycles. The van der Waals surface area contributed by atoms with Crippen molar-refractivity contribution < 1.29 is 4.74 Å². The van der Waals surface area contributed by atoms with Gasteiger partial charge in [-0.1, -0.05) is 20.8 Å². The molecule has 2 rings (SSSR count). The molecular weight excluding hydrogens is 270 g/mol. The van der Waals surface area contributed by atoms with E-state index in [2.05, 4.69) is 31.0 Å². The second-order valence-corrected chi connectivity index (χ2v) is 7.09. The van der Waals surface area contributed by atoms with Crippen LogP contribution in [0.5, 0.6) is 0 Å². The predicted octanol–water partition coefficient (Wildman–Crippen LogP) is 3.02. The SMILES string of the molecule is COCc1nc(N2CCCC(C)C2)sc1CNC(C)C. The lowest BCUT2D eigenvalue weighted by Crippen LogP contribution is -2.34. The molecule has 0 aliphatic carbocycles. The molecule has 4 nitrogen and oxygen atoms in total. The summed E-state index contributed by atoms with van der Waals surface area (Å²) in [4.78, 5) is 8.57. The summed E-state index contributed by atoms with van der Waals surface area (Å²) >= 11 is 1.82. The maximum absolute atomic E-state index is 5.30. The van der Waals surface area contributed by atoms with Gasteiger partial charge in [0, 0.05) is 37.7 Å². The van der Waals surface area contributed by atoms with Crippen LogP contribution >= 0.6 is 11.3 Å². The number of aromatic nitrogens is 1. The highest BCUT2D eigenvalue weighted by Crippen LogP contribution is 2.30. The minimum absolute atomic E-state index is 0.492. The number of ether oxygens (including phenoxy) is 1. The van der Waals surface area contributed by atoms with Gasteiger partial charge in [0.2, 0.25) is 0 Å². The van der Waals surface area contributed by atoms with Crippen LogP contribution in [0.4, 0.5) is 5.13 Å². The molecule has 0 saturated carbocycles. The lowest BCUT2D eigenvalue weighted by atomic mass is 10.0. The quantitative estimate of drug-likeness (QED) is 0.876. The highest BCUT2D eigenvalue weighted by atomic mass is 32.1. The van der Waals surface area contributed by atoms with E-state index < -0.39 is 0 Å². The first-order chi connectivity index (χ1) is 9.60. The van der Waals surface area contributed by atoms with Gasteiger partial charge in [-0.3, -0.25) is 0 Å². The van der Waals surface area contributed by atoms with Crippen molar-refractivity contribution in [2.24, 2.45) is 5.92 Å². The van der Waals surface area contributed by atoms with E-state index in [-0.39, 0.29) is 0 Å². The van der Waals surface area contributed by atoms with Crippen LogP contribution in [0.2, 0.25) is 0 Å². The maximum atomic E-state index is 5.30. The third kappa shape index (κ3) is 4.17. The number of rotatable bonds is 6. The number of hydrogen-bond donors (Lipinski definition) is 1. The lowest BCUT2D eigenvalue weighted by molar-refractivity contribution is 0.181. The Morgan fingerprint density at radius 1 is 1.50 bits per heavy atom. The Hall–Kier alpha value is -0.650.